The minimum Gasteiger partial charge on any atom is -0.369 e. The van der Waals surface area contributed by atoms with Crippen molar-refractivity contribution in [1.29, 1.82) is 0 Å². The molecule has 0 fully saturated rings. The summed E-state index contributed by atoms with van der Waals surface area (Å²) >= 11 is 1.66. The van der Waals surface area contributed by atoms with Gasteiger partial charge in [0.15, 0.2) is 5.82 Å². The number of nitrogens with zero attached hydrogens (tertiary/aromatic N) is 3. The summed E-state index contributed by atoms with van der Waals surface area (Å²) in [4.78, 5) is 13.8. The molecule has 0 saturated carbocycles. The van der Waals surface area contributed by atoms with Crippen LogP contribution in [0.2, 0.25) is 0 Å². The molecule has 0 aliphatic heterocycles. The van der Waals surface area contributed by atoms with Crippen LogP contribution in [0, 0.1) is 17.8 Å². The molecule has 0 radical (unpaired) electrons. The third-order valence-electron chi connectivity index (χ3n) is 5.20. The van der Waals surface area contributed by atoms with Crippen molar-refractivity contribution >= 4 is 27.4 Å². The van der Waals surface area contributed by atoms with Gasteiger partial charge in [-0.05, 0) is 37.0 Å². The van der Waals surface area contributed by atoms with E-state index in [1.807, 2.05) is 12.1 Å². The Balaban J connectivity index is 1.62. The first-order chi connectivity index (χ1) is 15.2. The van der Waals surface area contributed by atoms with Gasteiger partial charge in [0.05, 0.1) is 10.3 Å². The van der Waals surface area contributed by atoms with Gasteiger partial charge in [0.1, 0.15) is 11.3 Å². The fourth-order valence-corrected chi connectivity index (χ4v) is 4.11. The number of hydrogen-bond donors (Lipinski definition) is 1. The average Bonchev–Trinajstić information content (AvgIpc) is 3.24. The molecule has 1 unspecified atom stereocenters. The number of pyridine rings is 1. The van der Waals surface area contributed by atoms with Gasteiger partial charge in [-0.3, -0.25) is 4.98 Å². The summed E-state index contributed by atoms with van der Waals surface area (Å²) in [6.45, 7) is 5.16. The first kappa shape index (κ1) is 21.0. The summed E-state index contributed by atoms with van der Waals surface area (Å²) < 4.78 is 1.06. The molecule has 156 valence electrons. The molecule has 4 rings (SSSR count). The van der Waals surface area contributed by atoms with Crippen molar-refractivity contribution < 1.29 is 0 Å². The van der Waals surface area contributed by atoms with Crippen LogP contribution in [-0.4, -0.2) is 21.5 Å². The molecule has 0 bridgehead atoms. The highest BCUT2D eigenvalue weighted by molar-refractivity contribution is 7.18. The number of hydrogen-bond acceptors (Lipinski definition) is 5. The second-order valence-electron chi connectivity index (χ2n) is 7.55. The molecule has 0 saturated heterocycles. The Morgan fingerprint density at radius 2 is 1.87 bits per heavy atom. The molecule has 5 heteroatoms. The van der Waals surface area contributed by atoms with Crippen LogP contribution < -0.4 is 5.32 Å². The predicted octanol–water partition coefficient (Wildman–Crippen LogP) is 6.20. The Kier molecular flexibility index (Phi) is 6.91. The number of aromatic nitrogens is 3. The van der Waals surface area contributed by atoms with Crippen LogP contribution in [0.1, 0.15) is 37.8 Å². The maximum Gasteiger partial charge on any atom is 0.162 e. The Morgan fingerprint density at radius 3 is 2.65 bits per heavy atom. The molecule has 1 N–H and O–H groups in total. The average molecular weight is 427 g/mol. The largest absolute Gasteiger partial charge is 0.369 e. The summed E-state index contributed by atoms with van der Waals surface area (Å²) in [6.07, 6.45) is 6.66. The van der Waals surface area contributed by atoms with Gasteiger partial charge < -0.3 is 5.32 Å². The van der Waals surface area contributed by atoms with Crippen molar-refractivity contribution in [2.75, 3.05) is 11.9 Å². The molecular weight excluding hydrogens is 400 g/mol. The normalized spacial score (nSPS) is 11.7. The molecule has 1 atom stereocenters. The van der Waals surface area contributed by atoms with Crippen LogP contribution >= 0.6 is 11.3 Å². The fraction of sp³-hybridized carbons (Fsp3) is 0.269. The van der Waals surface area contributed by atoms with Gasteiger partial charge in [-0.2, -0.15) is 0 Å². The van der Waals surface area contributed by atoms with E-state index in [1.54, 1.807) is 23.7 Å². The van der Waals surface area contributed by atoms with Crippen molar-refractivity contribution in [2.24, 2.45) is 5.92 Å². The van der Waals surface area contributed by atoms with E-state index in [9.17, 15) is 0 Å². The minimum absolute atomic E-state index is 0.368. The van der Waals surface area contributed by atoms with E-state index in [4.69, 9.17) is 9.97 Å². The van der Waals surface area contributed by atoms with E-state index in [1.165, 1.54) is 5.56 Å². The van der Waals surface area contributed by atoms with Gasteiger partial charge in [-0.25, -0.2) is 9.97 Å². The molecule has 0 spiro atoms. The highest BCUT2D eigenvalue weighted by Crippen LogP contribution is 2.32. The van der Waals surface area contributed by atoms with Gasteiger partial charge >= 0.3 is 0 Å². The van der Waals surface area contributed by atoms with E-state index < -0.39 is 0 Å². The van der Waals surface area contributed by atoms with Gasteiger partial charge in [-0.1, -0.05) is 56.0 Å². The van der Waals surface area contributed by atoms with Crippen LogP contribution in [-0.2, 0) is 6.42 Å². The second kappa shape index (κ2) is 10.2. The predicted molar refractivity (Wildman–Crippen MR) is 130 cm³/mol. The second-order valence-corrected chi connectivity index (χ2v) is 8.43. The molecule has 4 aromatic rings. The summed E-state index contributed by atoms with van der Waals surface area (Å²) in [5, 5.41) is 5.65. The Bertz CT molecular complexity index is 1190. The Hall–Kier alpha value is -3.23. The molecule has 4 nitrogen and oxygen atoms in total. The number of aryl methyl sites for hydroxylation is 1. The monoisotopic (exact) mass is 426 g/mol. The Morgan fingerprint density at radius 1 is 1.06 bits per heavy atom. The minimum atomic E-state index is 0.368. The number of rotatable bonds is 7. The van der Waals surface area contributed by atoms with Crippen LogP contribution in [0.5, 0.6) is 0 Å². The van der Waals surface area contributed by atoms with Crippen LogP contribution in [0.25, 0.3) is 21.6 Å². The van der Waals surface area contributed by atoms with Crippen molar-refractivity contribution in [1.82, 2.24) is 15.0 Å². The van der Waals surface area contributed by atoms with Gasteiger partial charge in [0, 0.05) is 35.8 Å². The van der Waals surface area contributed by atoms with E-state index in [0.717, 1.165) is 53.0 Å². The smallest absolute Gasteiger partial charge is 0.162 e. The molecule has 3 heterocycles. The first-order valence-corrected chi connectivity index (χ1v) is 11.6. The lowest BCUT2D eigenvalue weighted by atomic mass is 10.1. The number of anilines is 1. The number of thiophene rings is 1. The highest BCUT2D eigenvalue weighted by Gasteiger charge is 2.14. The van der Waals surface area contributed by atoms with Crippen molar-refractivity contribution in [2.45, 2.75) is 33.1 Å². The molecule has 0 amide bonds. The van der Waals surface area contributed by atoms with Gasteiger partial charge in [0.2, 0.25) is 0 Å². The fourth-order valence-electron chi connectivity index (χ4n) is 3.20. The standard InChI is InChI=1S/C26H26N4S/c1-3-19(2)11-12-22-18-31-24-23(22)29-25(21-13-16-27-17-14-21)30-26(24)28-15-7-10-20-8-5-4-6-9-20/h4-6,8-9,13-14,16-19H,3,7,10,15H2,1-2H3,(H,28,29,30). The maximum absolute atomic E-state index is 4.87. The van der Waals surface area contributed by atoms with Crippen LogP contribution in [0.15, 0.2) is 60.2 Å². The zero-order valence-electron chi connectivity index (χ0n) is 17.9. The lowest BCUT2D eigenvalue weighted by Gasteiger charge is -2.09. The summed E-state index contributed by atoms with van der Waals surface area (Å²) in [7, 11) is 0. The first-order valence-electron chi connectivity index (χ1n) is 10.7. The van der Waals surface area contributed by atoms with E-state index >= 15 is 0 Å². The molecule has 0 aliphatic carbocycles. The zero-order chi connectivity index (χ0) is 21.5. The lowest BCUT2D eigenvalue weighted by Crippen LogP contribution is -2.06. The molecule has 1 aromatic carbocycles. The zero-order valence-corrected chi connectivity index (χ0v) is 18.7. The van der Waals surface area contributed by atoms with Crippen LogP contribution in [0.3, 0.4) is 0 Å². The molecule has 0 aliphatic rings. The van der Waals surface area contributed by atoms with E-state index in [2.05, 4.69) is 71.7 Å². The van der Waals surface area contributed by atoms with Crippen molar-refractivity contribution in [3.63, 3.8) is 0 Å². The molecule has 3 aromatic heterocycles. The summed E-state index contributed by atoms with van der Waals surface area (Å²) in [6, 6.07) is 14.5. The SMILES string of the molecule is CCC(C)C#Cc1csc2c(NCCCc3ccccc3)nc(-c3ccncc3)nc12. The van der Waals surface area contributed by atoms with Crippen LogP contribution in [0.4, 0.5) is 5.82 Å². The van der Waals surface area contributed by atoms with Crippen molar-refractivity contribution in [3.05, 3.63) is 71.4 Å². The summed E-state index contributed by atoms with van der Waals surface area (Å²) in [5.74, 6) is 8.63. The van der Waals surface area contributed by atoms with Crippen molar-refractivity contribution in [3.8, 4) is 23.2 Å². The molecular formula is C26H26N4S. The number of nitrogens with one attached hydrogen (secondary N) is 1. The number of benzene rings is 1. The van der Waals surface area contributed by atoms with Gasteiger partial charge in [-0.15, -0.1) is 11.3 Å². The number of fused-ring (bicyclic) bond motifs is 1. The third kappa shape index (κ3) is 5.28. The quantitative estimate of drug-likeness (QED) is 0.282. The summed E-state index contributed by atoms with van der Waals surface area (Å²) in [5.41, 5.74) is 4.21. The maximum atomic E-state index is 4.87. The topological polar surface area (TPSA) is 50.7 Å². The molecule has 31 heavy (non-hydrogen) atoms. The van der Waals surface area contributed by atoms with Gasteiger partial charge in [0.25, 0.3) is 0 Å². The third-order valence-corrected chi connectivity index (χ3v) is 6.17. The van der Waals surface area contributed by atoms with E-state index in [0.29, 0.717) is 11.7 Å². The Labute approximate surface area is 187 Å². The highest BCUT2D eigenvalue weighted by atomic mass is 32.1. The lowest BCUT2D eigenvalue weighted by molar-refractivity contribution is 0.723. The van der Waals surface area contributed by atoms with E-state index in [-0.39, 0.29) is 0 Å².